The van der Waals surface area contributed by atoms with E-state index >= 15 is 0 Å². The van der Waals surface area contributed by atoms with E-state index in [-0.39, 0.29) is 0 Å². The maximum atomic E-state index is 3.52. The minimum absolute atomic E-state index is 0.626. The van der Waals surface area contributed by atoms with Crippen molar-refractivity contribution in [1.82, 2.24) is 15.5 Å². The summed E-state index contributed by atoms with van der Waals surface area (Å²) >= 11 is 0. The Morgan fingerprint density at radius 2 is 1.50 bits per heavy atom. The zero-order valence-electron chi connectivity index (χ0n) is 7.84. The third-order valence-electron chi connectivity index (χ3n) is 3.05. The molecule has 0 amide bonds. The molecule has 2 atom stereocenters. The molecule has 0 bridgehead atoms. The first-order chi connectivity index (χ1) is 5.88. The van der Waals surface area contributed by atoms with Crippen molar-refractivity contribution in [1.29, 1.82) is 0 Å². The topological polar surface area (TPSA) is 27.3 Å². The predicted molar refractivity (Wildman–Crippen MR) is 49.8 cm³/mol. The minimum atomic E-state index is 0.626. The molecular formula is C9H19N3. The van der Waals surface area contributed by atoms with Crippen LogP contribution in [-0.4, -0.2) is 37.4 Å². The molecule has 2 rings (SSSR count). The molecule has 0 saturated carbocycles. The molecule has 0 aromatic carbocycles. The smallest absolute Gasteiger partial charge is 0.0608 e. The highest BCUT2D eigenvalue weighted by atomic mass is 15.3. The van der Waals surface area contributed by atoms with Gasteiger partial charge >= 0.3 is 0 Å². The number of rotatable bonds is 2. The van der Waals surface area contributed by atoms with Crippen molar-refractivity contribution < 1.29 is 0 Å². The first kappa shape index (κ1) is 8.48. The maximum absolute atomic E-state index is 3.52. The molecule has 0 spiro atoms. The van der Waals surface area contributed by atoms with Crippen molar-refractivity contribution in [2.45, 2.75) is 38.0 Å². The van der Waals surface area contributed by atoms with Crippen LogP contribution >= 0.6 is 0 Å². The Morgan fingerprint density at radius 1 is 1.00 bits per heavy atom. The van der Waals surface area contributed by atoms with Crippen molar-refractivity contribution >= 4 is 0 Å². The Kier molecular flexibility index (Phi) is 2.63. The Hall–Kier alpha value is -0.120. The molecule has 2 heterocycles. The Labute approximate surface area is 74.5 Å². The van der Waals surface area contributed by atoms with E-state index in [1.165, 1.54) is 38.8 Å². The molecule has 2 aliphatic rings. The van der Waals surface area contributed by atoms with Gasteiger partial charge in [0.15, 0.2) is 0 Å². The van der Waals surface area contributed by atoms with E-state index in [2.05, 4.69) is 22.6 Å². The molecule has 0 aliphatic carbocycles. The summed E-state index contributed by atoms with van der Waals surface area (Å²) in [6, 6.07) is 0. The van der Waals surface area contributed by atoms with Gasteiger partial charge in [0.2, 0.25) is 0 Å². The van der Waals surface area contributed by atoms with Gasteiger partial charge in [-0.1, -0.05) is 0 Å². The number of hydrogen-bond acceptors (Lipinski definition) is 3. The second-order valence-electron chi connectivity index (χ2n) is 3.89. The highest BCUT2D eigenvalue weighted by molar-refractivity contribution is 4.81. The Bertz CT molecular complexity index is 121. The van der Waals surface area contributed by atoms with E-state index in [0.717, 1.165) is 0 Å². The minimum Gasteiger partial charge on any atom is -0.302 e. The highest BCUT2D eigenvalue weighted by Gasteiger charge is 2.26. The molecule has 12 heavy (non-hydrogen) atoms. The molecule has 0 aromatic heterocycles. The lowest BCUT2D eigenvalue weighted by molar-refractivity contribution is 0.147. The van der Waals surface area contributed by atoms with Crippen molar-refractivity contribution in [3.8, 4) is 0 Å². The molecule has 0 aromatic rings. The number of nitrogens with zero attached hydrogens (tertiary/aromatic N) is 1. The Balaban J connectivity index is 1.84. The fourth-order valence-corrected chi connectivity index (χ4v) is 2.24. The van der Waals surface area contributed by atoms with Gasteiger partial charge < -0.3 is 10.6 Å². The molecule has 2 aliphatic heterocycles. The monoisotopic (exact) mass is 169 g/mol. The van der Waals surface area contributed by atoms with Gasteiger partial charge in [-0.05, 0) is 45.8 Å². The third kappa shape index (κ3) is 1.63. The van der Waals surface area contributed by atoms with Crippen LogP contribution in [0, 0.1) is 0 Å². The zero-order chi connectivity index (χ0) is 8.39. The van der Waals surface area contributed by atoms with Gasteiger partial charge in [-0.2, -0.15) is 0 Å². The average molecular weight is 169 g/mol. The van der Waals surface area contributed by atoms with E-state index in [9.17, 15) is 0 Å². The lowest BCUT2D eigenvalue weighted by Crippen LogP contribution is -2.49. The van der Waals surface area contributed by atoms with Crippen LogP contribution in [-0.2, 0) is 0 Å². The van der Waals surface area contributed by atoms with Gasteiger partial charge in [0.25, 0.3) is 0 Å². The summed E-state index contributed by atoms with van der Waals surface area (Å²) in [5, 5.41) is 7.04. The highest BCUT2D eigenvalue weighted by Crippen LogP contribution is 2.15. The van der Waals surface area contributed by atoms with E-state index in [0.29, 0.717) is 12.3 Å². The summed E-state index contributed by atoms with van der Waals surface area (Å²) in [5.74, 6) is 0. The number of nitrogens with one attached hydrogen (secondary N) is 2. The third-order valence-corrected chi connectivity index (χ3v) is 3.05. The zero-order valence-corrected chi connectivity index (χ0v) is 7.84. The standard InChI is InChI=1S/C9H19N3/c1-12(8-4-2-6-10-8)9-5-3-7-11-9/h8-11H,2-7H2,1H3. The fraction of sp³-hybridized carbons (Fsp3) is 1.00. The van der Waals surface area contributed by atoms with E-state index in [4.69, 9.17) is 0 Å². The molecule has 2 saturated heterocycles. The van der Waals surface area contributed by atoms with E-state index in [1.807, 2.05) is 0 Å². The van der Waals surface area contributed by atoms with E-state index < -0.39 is 0 Å². The van der Waals surface area contributed by atoms with Crippen LogP contribution in [0.4, 0.5) is 0 Å². The molecule has 2 fully saturated rings. The first-order valence-corrected chi connectivity index (χ1v) is 5.06. The summed E-state index contributed by atoms with van der Waals surface area (Å²) in [6.07, 6.45) is 6.55. The van der Waals surface area contributed by atoms with Gasteiger partial charge in [0.05, 0.1) is 12.3 Å². The van der Waals surface area contributed by atoms with Crippen LogP contribution in [0.2, 0.25) is 0 Å². The van der Waals surface area contributed by atoms with Crippen LogP contribution in [0.3, 0.4) is 0 Å². The largest absolute Gasteiger partial charge is 0.302 e. The summed E-state index contributed by atoms with van der Waals surface area (Å²) in [4.78, 5) is 2.46. The molecule has 0 radical (unpaired) electrons. The molecule has 70 valence electrons. The van der Waals surface area contributed by atoms with Gasteiger partial charge in [0.1, 0.15) is 0 Å². The summed E-state index contributed by atoms with van der Waals surface area (Å²) in [5.41, 5.74) is 0. The predicted octanol–water partition coefficient (Wildman–Crippen LogP) is 0.337. The van der Waals surface area contributed by atoms with E-state index in [1.54, 1.807) is 0 Å². The van der Waals surface area contributed by atoms with Crippen LogP contribution in [0.25, 0.3) is 0 Å². The van der Waals surface area contributed by atoms with Crippen LogP contribution in [0.15, 0.2) is 0 Å². The summed E-state index contributed by atoms with van der Waals surface area (Å²) in [6.45, 7) is 2.39. The molecule has 3 nitrogen and oxygen atoms in total. The lowest BCUT2D eigenvalue weighted by Gasteiger charge is -2.30. The summed E-state index contributed by atoms with van der Waals surface area (Å²) < 4.78 is 0. The van der Waals surface area contributed by atoms with Crippen LogP contribution in [0.5, 0.6) is 0 Å². The van der Waals surface area contributed by atoms with Crippen LogP contribution in [0.1, 0.15) is 25.7 Å². The molecule has 3 heteroatoms. The number of hydrogen-bond donors (Lipinski definition) is 2. The van der Waals surface area contributed by atoms with Gasteiger partial charge in [0, 0.05) is 0 Å². The van der Waals surface area contributed by atoms with Crippen molar-refractivity contribution in [3.63, 3.8) is 0 Å². The normalized spacial score (nSPS) is 36.5. The fourth-order valence-electron chi connectivity index (χ4n) is 2.24. The van der Waals surface area contributed by atoms with Gasteiger partial charge in [-0.3, -0.25) is 4.90 Å². The van der Waals surface area contributed by atoms with Gasteiger partial charge in [-0.25, -0.2) is 0 Å². The Morgan fingerprint density at radius 3 is 1.83 bits per heavy atom. The van der Waals surface area contributed by atoms with Gasteiger partial charge in [-0.15, -0.1) is 0 Å². The second-order valence-corrected chi connectivity index (χ2v) is 3.89. The first-order valence-electron chi connectivity index (χ1n) is 5.06. The lowest BCUT2D eigenvalue weighted by atomic mass is 10.2. The SMILES string of the molecule is CN(C1CCCN1)C1CCCN1. The average Bonchev–Trinajstić information content (AvgIpc) is 2.77. The van der Waals surface area contributed by atoms with Crippen molar-refractivity contribution in [2.75, 3.05) is 20.1 Å². The van der Waals surface area contributed by atoms with Crippen LogP contribution < -0.4 is 10.6 Å². The second kappa shape index (κ2) is 3.73. The van der Waals surface area contributed by atoms with Crippen molar-refractivity contribution in [2.24, 2.45) is 0 Å². The quantitative estimate of drug-likeness (QED) is 0.624. The molecule has 2 N–H and O–H groups in total. The van der Waals surface area contributed by atoms with Crippen molar-refractivity contribution in [3.05, 3.63) is 0 Å². The maximum Gasteiger partial charge on any atom is 0.0608 e. The molecular weight excluding hydrogens is 150 g/mol. The molecule has 2 unspecified atom stereocenters. The summed E-state index contributed by atoms with van der Waals surface area (Å²) in [7, 11) is 2.23.